The first kappa shape index (κ1) is 13.4. The van der Waals surface area contributed by atoms with E-state index in [2.05, 4.69) is 21.2 Å². The van der Waals surface area contributed by atoms with Gasteiger partial charge in [0.15, 0.2) is 0 Å². The number of carbonyl (C=O) groups excluding carboxylic acids is 1. The van der Waals surface area contributed by atoms with Crippen molar-refractivity contribution in [3.05, 3.63) is 22.7 Å². The fourth-order valence-electron chi connectivity index (χ4n) is 2.19. The van der Waals surface area contributed by atoms with Gasteiger partial charge in [-0.25, -0.2) is 0 Å². The number of carbonyl (C=O) groups is 1. The van der Waals surface area contributed by atoms with E-state index < -0.39 is 0 Å². The third-order valence-corrected chi connectivity index (χ3v) is 3.76. The Bertz CT molecular complexity index is 451. The predicted molar refractivity (Wildman–Crippen MR) is 75.1 cm³/mol. The Kier molecular flexibility index (Phi) is 4.24. The fourth-order valence-corrected chi connectivity index (χ4v) is 2.60. The molecule has 98 valence electrons. The molecule has 1 fully saturated rings. The van der Waals surface area contributed by atoms with Crippen molar-refractivity contribution in [1.29, 1.82) is 0 Å². The van der Waals surface area contributed by atoms with Gasteiger partial charge in [-0.3, -0.25) is 4.79 Å². The van der Waals surface area contributed by atoms with E-state index in [4.69, 9.17) is 4.74 Å². The van der Waals surface area contributed by atoms with Gasteiger partial charge in [0.2, 0.25) is 5.91 Å². The Morgan fingerprint density at radius 1 is 1.56 bits per heavy atom. The Balaban J connectivity index is 2.20. The number of ether oxygens (including phenoxy) is 1. The Morgan fingerprint density at radius 2 is 2.33 bits per heavy atom. The number of anilines is 1. The third-order valence-electron chi connectivity index (χ3n) is 3.10. The van der Waals surface area contributed by atoms with E-state index in [-0.39, 0.29) is 11.9 Å². The molecule has 0 radical (unpaired) electrons. The zero-order chi connectivity index (χ0) is 13.1. The zero-order valence-corrected chi connectivity index (χ0v) is 12.2. The second kappa shape index (κ2) is 5.71. The number of halogens is 1. The van der Waals surface area contributed by atoms with Crippen LogP contribution >= 0.6 is 15.9 Å². The summed E-state index contributed by atoms with van der Waals surface area (Å²) in [5, 5.41) is 3.20. The van der Waals surface area contributed by atoms with Crippen molar-refractivity contribution in [1.82, 2.24) is 5.32 Å². The van der Waals surface area contributed by atoms with E-state index in [9.17, 15) is 4.79 Å². The summed E-state index contributed by atoms with van der Waals surface area (Å²) in [6.45, 7) is 3.58. The molecular weight excluding hydrogens is 296 g/mol. The molecule has 0 spiro atoms. The van der Waals surface area contributed by atoms with Gasteiger partial charge in [-0.05, 0) is 41.0 Å². The molecule has 1 aromatic carbocycles. The van der Waals surface area contributed by atoms with Crippen LogP contribution in [0.3, 0.4) is 0 Å². The summed E-state index contributed by atoms with van der Waals surface area (Å²) >= 11 is 3.41. The van der Waals surface area contributed by atoms with Crippen molar-refractivity contribution in [2.75, 3.05) is 25.1 Å². The van der Waals surface area contributed by atoms with Gasteiger partial charge < -0.3 is 15.0 Å². The first-order valence-corrected chi connectivity index (χ1v) is 6.85. The molecule has 1 unspecified atom stereocenters. The highest BCUT2D eigenvalue weighted by Gasteiger charge is 2.31. The van der Waals surface area contributed by atoms with Crippen LogP contribution in [0.25, 0.3) is 0 Å². The van der Waals surface area contributed by atoms with Crippen molar-refractivity contribution in [3.8, 4) is 5.75 Å². The summed E-state index contributed by atoms with van der Waals surface area (Å²) in [6.07, 6.45) is 0.852. The van der Waals surface area contributed by atoms with Gasteiger partial charge in [0.05, 0.1) is 17.6 Å². The smallest absolute Gasteiger partial charge is 0.244 e. The molecule has 18 heavy (non-hydrogen) atoms. The van der Waals surface area contributed by atoms with E-state index in [1.807, 2.05) is 30.0 Å². The summed E-state index contributed by atoms with van der Waals surface area (Å²) in [7, 11) is 1.62. The average Bonchev–Trinajstić information content (AvgIpc) is 2.73. The lowest BCUT2D eigenvalue weighted by Crippen LogP contribution is -2.38. The molecule has 1 aliphatic heterocycles. The SMILES string of the molecule is CCNC1CCN(c2ccc(Br)c(OC)c2)C1=O. The van der Waals surface area contributed by atoms with Crippen LogP contribution in [0.1, 0.15) is 13.3 Å². The number of nitrogens with one attached hydrogen (secondary N) is 1. The van der Waals surface area contributed by atoms with E-state index in [1.54, 1.807) is 7.11 Å². The van der Waals surface area contributed by atoms with Crippen molar-refractivity contribution >= 4 is 27.5 Å². The summed E-state index contributed by atoms with van der Waals surface area (Å²) < 4.78 is 6.15. The molecule has 5 heteroatoms. The minimum Gasteiger partial charge on any atom is -0.495 e. The Hall–Kier alpha value is -1.07. The highest BCUT2D eigenvalue weighted by atomic mass is 79.9. The molecule has 1 saturated heterocycles. The monoisotopic (exact) mass is 312 g/mol. The summed E-state index contributed by atoms with van der Waals surface area (Å²) in [5.41, 5.74) is 0.889. The molecule has 1 atom stereocenters. The number of rotatable bonds is 4. The molecular formula is C13H17BrN2O2. The van der Waals surface area contributed by atoms with Crippen molar-refractivity contribution < 1.29 is 9.53 Å². The number of methoxy groups -OCH3 is 1. The molecule has 1 amide bonds. The summed E-state index contributed by atoms with van der Waals surface area (Å²) in [6, 6.07) is 5.67. The predicted octanol–water partition coefficient (Wildman–Crippen LogP) is 2.17. The van der Waals surface area contributed by atoms with Crippen LogP contribution in [0.15, 0.2) is 22.7 Å². The molecule has 0 aromatic heterocycles. The lowest BCUT2D eigenvalue weighted by molar-refractivity contribution is -0.118. The first-order valence-electron chi connectivity index (χ1n) is 6.05. The normalized spacial score (nSPS) is 19.4. The maximum atomic E-state index is 12.2. The van der Waals surface area contributed by atoms with Gasteiger partial charge in [0.1, 0.15) is 5.75 Å². The minimum absolute atomic E-state index is 0.0513. The largest absolute Gasteiger partial charge is 0.495 e. The number of benzene rings is 1. The topological polar surface area (TPSA) is 41.6 Å². The Morgan fingerprint density at radius 3 is 3.00 bits per heavy atom. The second-order valence-electron chi connectivity index (χ2n) is 4.21. The number of likely N-dealkylation sites (N-methyl/N-ethyl adjacent to an activating group) is 1. The molecule has 1 heterocycles. The van der Waals surface area contributed by atoms with Crippen LogP contribution in [0.5, 0.6) is 5.75 Å². The van der Waals surface area contributed by atoms with Crippen LogP contribution in [-0.2, 0) is 4.79 Å². The summed E-state index contributed by atoms with van der Waals surface area (Å²) in [4.78, 5) is 14.0. The number of hydrogen-bond donors (Lipinski definition) is 1. The molecule has 2 rings (SSSR count). The zero-order valence-electron chi connectivity index (χ0n) is 10.6. The van der Waals surface area contributed by atoms with Crippen LogP contribution in [0.4, 0.5) is 5.69 Å². The van der Waals surface area contributed by atoms with E-state index in [1.165, 1.54) is 0 Å². The molecule has 4 nitrogen and oxygen atoms in total. The minimum atomic E-state index is -0.0513. The fraction of sp³-hybridized carbons (Fsp3) is 0.462. The average molecular weight is 313 g/mol. The highest BCUT2D eigenvalue weighted by Crippen LogP contribution is 2.31. The van der Waals surface area contributed by atoms with Gasteiger partial charge >= 0.3 is 0 Å². The quantitative estimate of drug-likeness (QED) is 0.926. The van der Waals surface area contributed by atoms with E-state index >= 15 is 0 Å². The highest BCUT2D eigenvalue weighted by molar-refractivity contribution is 9.10. The molecule has 0 saturated carbocycles. The Labute approximate surface area is 115 Å². The van der Waals surface area contributed by atoms with Crippen LogP contribution < -0.4 is 15.0 Å². The van der Waals surface area contributed by atoms with Crippen LogP contribution in [0, 0.1) is 0 Å². The third kappa shape index (κ3) is 2.52. The number of amides is 1. The number of hydrogen-bond acceptors (Lipinski definition) is 3. The van der Waals surface area contributed by atoms with E-state index in [0.29, 0.717) is 0 Å². The van der Waals surface area contributed by atoms with Crippen molar-refractivity contribution in [2.24, 2.45) is 0 Å². The van der Waals surface area contributed by atoms with Crippen LogP contribution in [-0.4, -0.2) is 32.1 Å². The van der Waals surface area contributed by atoms with E-state index in [0.717, 1.165) is 35.4 Å². The van der Waals surface area contributed by atoms with Crippen molar-refractivity contribution in [3.63, 3.8) is 0 Å². The van der Waals surface area contributed by atoms with Gasteiger partial charge in [-0.15, -0.1) is 0 Å². The molecule has 0 aliphatic carbocycles. The molecule has 1 aliphatic rings. The maximum absolute atomic E-state index is 12.2. The van der Waals surface area contributed by atoms with Gasteiger partial charge in [0.25, 0.3) is 0 Å². The molecule has 0 bridgehead atoms. The van der Waals surface area contributed by atoms with Gasteiger partial charge in [0, 0.05) is 18.3 Å². The first-order chi connectivity index (χ1) is 8.67. The van der Waals surface area contributed by atoms with Crippen LogP contribution in [0.2, 0.25) is 0 Å². The molecule has 1 N–H and O–H groups in total. The second-order valence-corrected chi connectivity index (χ2v) is 5.06. The maximum Gasteiger partial charge on any atom is 0.244 e. The lowest BCUT2D eigenvalue weighted by Gasteiger charge is -2.18. The lowest BCUT2D eigenvalue weighted by atomic mass is 10.2. The van der Waals surface area contributed by atoms with Gasteiger partial charge in [-0.1, -0.05) is 6.92 Å². The number of nitrogens with zero attached hydrogens (tertiary/aromatic N) is 1. The molecule has 1 aromatic rings. The summed E-state index contributed by atoms with van der Waals surface area (Å²) in [5.74, 6) is 0.883. The standard InChI is InChI=1S/C13H17BrN2O2/c1-3-15-11-6-7-16(13(11)17)9-4-5-10(14)12(8-9)18-2/h4-5,8,11,15H,3,6-7H2,1-2H3. The van der Waals surface area contributed by atoms with Gasteiger partial charge in [-0.2, -0.15) is 0 Å². The van der Waals surface area contributed by atoms with Crippen molar-refractivity contribution in [2.45, 2.75) is 19.4 Å².